The molecule has 4 heteroatoms. The zero-order valence-electron chi connectivity index (χ0n) is 11.8. The minimum absolute atomic E-state index is 0.118. The summed E-state index contributed by atoms with van der Waals surface area (Å²) >= 11 is 0. The Morgan fingerprint density at radius 3 is 2.76 bits per heavy atom. The molecule has 21 heavy (non-hydrogen) atoms. The summed E-state index contributed by atoms with van der Waals surface area (Å²) in [6, 6.07) is 17.8. The van der Waals surface area contributed by atoms with E-state index in [-0.39, 0.29) is 6.04 Å². The molecule has 0 radical (unpaired) electrons. The second-order valence-electron chi connectivity index (χ2n) is 4.79. The van der Waals surface area contributed by atoms with Crippen molar-refractivity contribution in [3.05, 3.63) is 71.9 Å². The molecule has 3 aromatic rings. The summed E-state index contributed by atoms with van der Waals surface area (Å²) in [6.07, 6.45) is 1.81. The molecule has 0 saturated heterocycles. The lowest BCUT2D eigenvalue weighted by atomic mass is 9.96. The smallest absolute Gasteiger partial charge is 0.119 e. The second kappa shape index (κ2) is 5.91. The van der Waals surface area contributed by atoms with Crippen molar-refractivity contribution in [2.45, 2.75) is 6.04 Å². The fourth-order valence-corrected chi connectivity index (χ4v) is 2.56. The van der Waals surface area contributed by atoms with E-state index >= 15 is 0 Å². The monoisotopic (exact) mass is 279 g/mol. The van der Waals surface area contributed by atoms with Gasteiger partial charge in [0.1, 0.15) is 5.75 Å². The standard InChI is InChI=1S/C17H17N3O/c1-21-13-6-4-5-12(11-13)17(20-18)15-9-10-19-16-8-3-2-7-14(15)16/h2-11,17,20H,18H2,1H3. The Morgan fingerprint density at radius 1 is 1.10 bits per heavy atom. The van der Waals surface area contributed by atoms with E-state index in [1.807, 2.05) is 54.7 Å². The molecule has 3 rings (SSSR count). The van der Waals surface area contributed by atoms with E-state index < -0.39 is 0 Å². The summed E-state index contributed by atoms with van der Waals surface area (Å²) in [5, 5.41) is 1.09. The second-order valence-corrected chi connectivity index (χ2v) is 4.79. The van der Waals surface area contributed by atoms with Gasteiger partial charge in [0.25, 0.3) is 0 Å². The lowest BCUT2D eigenvalue weighted by molar-refractivity contribution is 0.413. The number of methoxy groups -OCH3 is 1. The van der Waals surface area contributed by atoms with E-state index in [0.717, 1.165) is 27.8 Å². The van der Waals surface area contributed by atoms with Gasteiger partial charge in [0, 0.05) is 11.6 Å². The molecular weight excluding hydrogens is 262 g/mol. The van der Waals surface area contributed by atoms with Crippen molar-refractivity contribution in [1.29, 1.82) is 0 Å². The lowest BCUT2D eigenvalue weighted by Crippen LogP contribution is -2.29. The molecule has 1 aromatic heterocycles. The normalized spacial score (nSPS) is 12.3. The first-order chi connectivity index (χ1) is 10.3. The van der Waals surface area contributed by atoms with E-state index in [1.165, 1.54) is 0 Å². The minimum Gasteiger partial charge on any atom is -0.497 e. The Hall–Kier alpha value is -2.43. The van der Waals surface area contributed by atoms with E-state index in [2.05, 4.69) is 16.5 Å². The van der Waals surface area contributed by atoms with Gasteiger partial charge in [0.15, 0.2) is 0 Å². The SMILES string of the molecule is COc1cccc(C(NN)c2ccnc3ccccc23)c1. The van der Waals surface area contributed by atoms with Crippen molar-refractivity contribution < 1.29 is 4.74 Å². The van der Waals surface area contributed by atoms with Crippen LogP contribution in [0.1, 0.15) is 17.2 Å². The van der Waals surface area contributed by atoms with Gasteiger partial charge in [-0.15, -0.1) is 0 Å². The minimum atomic E-state index is -0.118. The van der Waals surface area contributed by atoms with Crippen LogP contribution in [0.2, 0.25) is 0 Å². The Kier molecular flexibility index (Phi) is 3.81. The van der Waals surface area contributed by atoms with Crippen molar-refractivity contribution in [3.8, 4) is 5.75 Å². The Bertz CT molecular complexity index is 752. The van der Waals surface area contributed by atoms with Gasteiger partial charge < -0.3 is 4.74 Å². The summed E-state index contributed by atoms with van der Waals surface area (Å²) in [5.41, 5.74) is 5.99. The van der Waals surface area contributed by atoms with Crippen LogP contribution in [0.25, 0.3) is 10.9 Å². The zero-order valence-corrected chi connectivity index (χ0v) is 11.8. The predicted molar refractivity (Wildman–Crippen MR) is 83.9 cm³/mol. The van der Waals surface area contributed by atoms with Crippen LogP contribution in [-0.2, 0) is 0 Å². The van der Waals surface area contributed by atoms with Crippen molar-refractivity contribution in [2.75, 3.05) is 7.11 Å². The summed E-state index contributed by atoms with van der Waals surface area (Å²) in [6.45, 7) is 0. The molecule has 1 heterocycles. The van der Waals surface area contributed by atoms with Crippen LogP contribution in [-0.4, -0.2) is 12.1 Å². The highest BCUT2D eigenvalue weighted by Crippen LogP contribution is 2.29. The third kappa shape index (κ3) is 2.59. The van der Waals surface area contributed by atoms with Crippen LogP contribution in [0.3, 0.4) is 0 Å². The third-order valence-electron chi connectivity index (χ3n) is 3.59. The largest absolute Gasteiger partial charge is 0.497 e. The van der Waals surface area contributed by atoms with Gasteiger partial charge in [0.2, 0.25) is 0 Å². The number of nitrogens with one attached hydrogen (secondary N) is 1. The first kappa shape index (κ1) is 13.5. The van der Waals surface area contributed by atoms with E-state index in [1.54, 1.807) is 7.11 Å². The van der Waals surface area contributed by atoms with Crippen LogP contribution in [0.15, 0.2) is 60.8 Å². The maximum absolute atomic E-state index is 5.81. The van der Waals surface area contributed by atoms with Crippen molar-refractivity contribution in [2.24, 2.45) is 5.84 Å². The lowest BCUT2D eigenvalue weighted by Gasteiger charge is -2.19. The molecule has 2 aromatic carbocycles. The fourth-order valence-electron chi connectivity index (χ4n) is 2.56. The van der Waals surface area contributed by atoms with Crippen molar-refractivity contribution in [1.82, 2.24) is 10.4 Å². The van der Waals surface area contributed by atoms with E-state index in [4.69, 9.17) is 10.6 Å². The number of rotatable bonds is 4. The number of ether oxygens (including phenoxy) is 1. The van der Waals surface area contributed by atoms with Crippen LogP contribution >= 0.6 is 0 Å². The predicted octanol–water partition coefficient (Wildman–Crippen LogP) is 2.80. The van der Waals surface area contributed by atoms with Gasteiger partial charge in [-0.25, -0.2) is 5.43 Å². The number of fused-ring (bicyclic) bond motifs is 1. The molecule has 0 aliphatic heterocycles. The molecule has 1 unspecified atom stereocenters. The molecule has 3 N–H and O–H groups in total. The maximum atomic E-state index is 5.81. The molecule has 0 saturated carbocycles. The molecule has 4 nitrogen and oxygen atoms in total. The van der Waals surface area contributed by atoms with Crippen LogP contribution in [0, 0.1) is 0 Å². The number of hydrazine groups is 1. The zero-order chi connectivity index (χ0) is 14.7. The molecule has 0 bridgehead atoms. The fraction of sp³-hybridized carbons (Fsp3) is 0.118. The van der Waals surface area contributed by atoms with E-state index in [9.17, 15) is 0 Å². The maximum Gasteiger partial charge on any atom is 0.119 e. The highest BCUT2D eigenvalue weighted by Gasteiger charge is 2.15. The van der Waals surface area contributed by atoms with Crippen LogP contribution in [0.5, 0.6) is 5.75 Å². The Morgan fingerprint density at radius 2 is 1.95 bits per heavy atom. The van der Waals surface area contributed by atoms with Crippen molar-refractivity contribution in [3.63, 3.8) is 0 Å². The molecular formula is C17H17N3O. The van der Waals surface area contributed by atoms with Gasteiger partial charge in [-0.05, 0) is 35.4 Å². The number of para-hydroxylation sites is 1. The highest BCUT2D eigenvalue weighted by atomic mass is 16.5. The average molecular weight is 279 g/mol. The molecule has 0 aliphatic rings. The number of pyridine rings is 1. The third-order valence-corrected chi connectivity index (χ3v) is 3.59. The van der Waals surface area contributed by atoms with Gasteiger partial charge in [-0.3, -0.25) is 10.8 Å². The number of hydrogen-bond donors (Lipinski definition) is 2. The molecule has 1 atom stereocenters. The molecule has 106 valence electrons. The molecule has 0 aliphatic carbocycles. The number of nitrogens with zero attached hydrogens (tertiary/aromatic N) is 1. The Balaban J connectivity index is 2.13. The van der Waals surface area contributed by atoms with Gasteiger partial charge in [-0.2, -0.15) is 0 Å². The highest BCUT2D eigenvalue weighted by molar-refractivity contribution is 5.82. The molecule has 0 amide bonds. The summed E-state index contributed by atoms with van der Waals surface area (Å²) in [5.74, 6) is 6.62. The van der Waals surface area contributed by atoms with Crippen LogP contribution < -0.4 is 16.0 Å². The Labute approximate surface area is 123 Å². The summed E-state index contributed by atoms with van der Waals surface area (Å²) < 4.78 is 5.29. The summed E-state index contributed by atoms with van der Waals surface area (Å²) in [7, 11) is 1.66. The molecule has 0 fully saturated rings. The van der Waals surface area contributed by atoms with Crippen LogP contribution in [0.4, 0.5) is 0 Å². The average Bonchev–Trinajstić information content (AvgIpc) is 2.56. The number of hydrogen-bond acceptors (Lipinski definition) is 4. The topological polar surface area (TPSA) is 60.2 Å². The summed E-state index contributed by atoms with van der Waals surface area (Å²) in [4.78, 5) is 4.39. The van der Waals surface area contributed by atoms with E-state index in [0.29, 0.717) is 0 Å². The first-order valence-corrected chi connectivity index (χ1v) is 6.77. The number of nitrogens with two attached hydrogens (primary N) is 1. The van der Waals surface area contributed by atoms with Gasteiger partial charge in [-0.1, -0.05) is 30.3 Å². The van der Waals surface area contributed by atoms with Gasteiger partial charge in [0.05, 0.1) is 18.7 Å². The van der Waals surface area contributed by atoms with Gasteiger partial charge >= 0.3 is 0 Å². The first-order valence-electron chi connectivity index (χ1n) is 6.77. The number of aromatic nitrogens is 1. The van der Waals surface area contributed by atoms with Crippen molar-refractivity contribution >= 4 is 10.9 Å². The molecule has 0 spiro atoms. The quantitative estimate of drug-likeness (QED) is 0.569. The number of benzene rings is 2.